The molecule has 0 saturated heterocycles. The van der Waals surface area contributed by atoms with Crippen LogP contribution in [0.15, 0.2) is 47.4 Å². The lowest BCUT2D eigenvalue weighted by atomic mass is 10.1. The number of rotatable bonds is 8. The van der Waals surface area contributed by atoms with E-state index >= 15 is 0 Å². The molecule has 2 aromatic carbocycles. The Labute approximate surface area is 200 Å². The molecule has 0 bridgehead atoms. The molecule has 2 aromatic rings. The lowest BCUT2D eigenvalue weighted by Crippen LogP contribution is -2.46. The normalized spacial score (nSPS) is 11.5. The Balaban J connectivity index is 1.94. The van der Waals surface area contributed by atoms with Gasteiger partial charge in [-0.15, -0.1) is 0 Å². The third-order valence-corrected chi connectivity index (χ3v) is 5.95. The van der Waals surface area contributed by atoms with Crippen molar-refractivity contribution in [2.24, 2.45) is 0 Å². The molecule has 1 N–H and O–H groups in total. The molecule has 0 saturated carbocycles. The first kappa shape index (κ1) is 26.8. The Morgan fingerprint density at radius 2 is 1.62 bits per heavy atom. The number of aryl methyl sites for hydroxylation is 2. The zero-order valence-corrected chi connectivity index (χ0v) is 21.0. The number of ether oxygens (including phenoxy) is 1. The topological polar surface area (TPSA) is 119 Å². The van der Waals surface area contributed by atoms with Crippen LogP contribution in [0, 0.1) is 13.8 Å². The summed E-state index contributed by atoms with van der Waals surface area (Å²) in [5, 5.41) is 2.74. The Kier molecular flexibility index (Phi) is 8.44. The number of carbonyl (C=O) groups is 3. The molecule has 0 atom stereocenters. The van der Waals surface area contributed by atoms with E-state index in [1.807, 2.05) is 20.8 Å². The van der Waals surface area contributed by atoms with Crippen LogP contribution < -0.4 is 9.50 Å². The van der Waals surface area contributed by atoms with Gasteiger partial charge in [0.15, 0.2) is 6.61 Å². The van der Waals surface area contributed by atoms with Gasteiger partial charge in [-0.1, -0.05) is 12.1 Å². The Bertz CT molecular complexity index is 1170. The monoisotopic (exact) mass is 490 g/mol. The van der Waals surface area contributed by atoms with Crippen molar-refractivity contribution in [1.29, 1.82) is 0 Å². The first-order valence-electron chi connectivity index (χ1n) is 10.5. The van der Waals surface area contributed by atoms with Gasteiger partial charge in [0.1, 0.15) is 10.6 Å². The summed E-state index contributed by atoms with van der Waals surface area (Å²) in [4.78, 5) is 37.6. The Morgan fingerprint density at radius 1 is 1.00 bits per heavy atom. The van der Waals surface area contributed by atoms with Gasteiger partial charge in [0.2, 0.25) is 5.91 Å². The van der Waals surface area contributed by atoms with Crippen molar-refractivity contribution < 1.29 is 31.7 Å². The van der Waals surface area contributed by atoms with Gasteiger partial charge in [0.25, 0.3) is 5.91 Å². The van der Waals surface area contributed by atoms with E-state index in [9.17, 15) is 22.8 Å². The maximum absolute atomic E-state index is 12.6. The van der Waals surface area contributed by atoms with Gasteiger partial charge >= 0.3 is 16.1 Å². The van der Waals surface area contributed by atoms with E-state index in [-0.39, 0.29) is 28.7 Å². The van der Waals surface area contributed by atoms with Crippen LogP contribution in [0.25, 0.3) is 0 Å². The summed E-state index contributed by atoms with van der Waals surface area (Å²) in [5.74, 6) is -1.62. The predicted octanol–water partition coefficient (Wildman–Crippen LogP) is 2.60. The fraction of sp³-hybridized carbons (Fsp3) is 0.375. The van der Waals surface area contributed by atoms with Crippen LogP contribution in [0.2, 0.25) is 0 Å². The Morgan fingerprint density at radius 3 is 2.21 bits per heavy atom. The average Bonchev–Trinajstić information content (AvgIpc) is 2.72. The molecule has 9 nitrogen and oxygen atoms in total. The second-order valence-electron chi connectivity index (χ2n) is 8.95. The third kappa shape index (κ3) is 7.87. The highest BCUT2D eigenvalue weighted by Gasteiger charge is 2.21. The minimum Gasteiger partial charge on any atom is -0.452 e. The molecule has 0 radical (unpaired) electrons. The van der Waals surface area contributed by atoms with E-state index in [1.165, 1.54) is 37.4 Å². The number of likely N-dealkylation sites (N-methyl/N-ethyl adjacent to an activating group) is 1. The predicted molar refractivity (Wildman–Crippen MR) is 126 cm³/mol. The van der Waals surface area contributed by atoms with Crippen LogP contribution in [-0.2, 0) is 24.4 Å². The van der Waals surface area contributed by atoms with E-state index in [0.29, 0.717) is 5.56 Å². The molecule has 184 valence electrons. The summed E-state index contributed by atoms with van der Waals surface area (Å²) in [7, 11) is -2.62. The van der Waals surface area contributed by atoms with E-state index < -0.39 is 34.1 Å². The molecule has 2 amide bonds. The summed E-state index contributed by atoms with van der Waals surface area (Å²) in [6.07, 6.45) is 0. The van der Waals surface area contributed by atoms with Crippen LogP contribution in [0.3, 0.4) is 0 Å². The molecule has 0 spiro atoms. The highest BCUT2D eigenvalue weighted by Crippen LogP contribution is 2.23. The maximum Gasteiger partial charge on any atom is 0.339 e. The maximum atomic E-state index is 12.6. The third-order valence-electron chi connectivity index (χ3n) is 4.56. The number of nitrogens with zero attached hydrogens (tertiary/aromatic N) is 1. The molecule has 0 heterocycles. The SMILES string of the molecule is Cc1ccc(C)c(S(=O)(=O)Oc2ccc(C(=O)OCC(=O)N(C)CC(=O)NC(C)(C)C)cc2)c1. The molecule has 0 unspecified atom stereocenters. The van der Waals surface area contributed by atoms with Crippen LogP contribution in [0.1, 0.15) is 42.3 Å². The molecule has 0 aliphatic rings. The lowest BCUT2D eigenvalue weighted by molar-refractivity contribution is -0.137. The number of benzene rings is 2. The quantitative estimate of drug-likeness (QED) is 0.446. The van der Waals surface area contributed by atoms with Crippen LogP contribution in [0.5, 0.6) is 5.75 Å². The molecule has 0 aliphatic heterocycles. The molecule has 0 fully saturated rings. The number of hydrogen-bond acceptors (Lipinski definition) is 7. The van der Waals surface area contributed by atoms with Crippen molar-refractivity contribution in [3.05, 3.63) is 59.2 Å². The summed E-state index contributed by atoms with van der Waals surface area (Å²) in [6.45, 7) is 8.20. The largest absolute Gasteiger partial charge is 0.452 e. The summed E-state index contributed by atoms with van der Waals surface area (Å²) < 4.78 is 35.4. The first-order chi connectivity index (χ1) is 15.7. The number of amides is 2. The van der Waals surface area contributed by atoms with Gasteiger partial charge in [-0.2, -0.15) is 8.42 Å². The van der Waals surface area contributed by atoms with Crippen molar-refractivity contribution in [1.82, 2.24) is 10.2 Å². The second-order valence-corrected chi connectivity index (χ2v) is 10.5. The average molecular weight is 491 g/mol. The van der Waals surface area contributed by atoms with Gasteiger partial charge in [0.05, 0.1) is 12.1 Å². The summed E-state index contributed by atoms with van der Waals surface area (Å²) >= 11 is 0. The zero-order valence-electron chi connectivity index (χ0n) is 20.2. The van der Waals surface area contributed by atoms with E-state index in [0.717, 1.165) is 10.5 Å². The van der Waals surface area contributed by atoms with Crippen LogP contribution in [0.4, 0.5) is 0 Å². The summed E-state index contributed by atoms with van der Waals surface area (Å²) in [5.41, 5.74) is 1.01. The van der Waals surface area contributed by atoms with Gasteiger partial charge in [0, 0.05) is 12.6 Å². The van der Waals surface area contributed by atoms with Crippen molar-refractivity contribution in [2.75, 3.05) is 20.2 Å². The van der Waals surface area contributed by atoms with E-state index in [1.54, 1.807) is 26.0 Å². The van der Waals surface area contributed by atoms with E-state index in [2.05, 4.69) is 5.32 Å². The molecule has 0 aliphatic carbocycles. The minimum atomic E-state index is -4.05. The lowest BCUT2D eigenvalue weighted by Gasteiger charge is -2.23. The fourth-order valence-electron chi connectivity index (χ4n) is 2.88. The molecular weight excluding hydrogens is 460 g/mol. The van der Waals surface area contributed by atoms with E-state index in [4.69, 9.17) is 8.92 Å². The van der Waals surface area contributed by atoms with Crippen LogP contribution >= 0.6 is 0 Å². The fourth-order valence-corrected chi connectivity index (χ4v) is 4.12. The molecule has 2 rings (SSSR count). The van der Waals surface area contributed by atoms with Crippen molar-refractivity contribution in [2.45, 2.75) is 45.1 Å². The Hall–Kier alpha value is -3.40. The summed E-state index contributed by atoms with van der Waals surface area (Å²) in [6, 6.07) is 10.3. The smallest absolute Gasteiger partial charge is 0.339 e. The van der Waals surface area contributed by atoms with Crippen LogP contribution in [-0.4, -0.2) is 56.8 Å². The highest BCUT2D eigenvalue weighted by atomic mass is 32.2. The zero-order chi connectivity index (χ0) is 25.7. The standard InChI is InChI=1S/C24H30N2O7S/c1-16-7-8-17(2)20(13-16)34(30,31)33-19-11-9-18(10-12-19)23(29)32-15-22(28)26(6)14-21(27)25-24(3,4)5/h7-13H,14-15H2,1-6H3,(H,25,27). The minimum absolute atomic E-state index is 0.0260. The highest BCUT2D eigenvalue weighted by molar-refractivity contribution is 7.87. The molecule has 0 aromatic heterocycles. The molecule has 34 heavy (non-hydrogen) atoms. The number of carbonyl (C=O) groups excluding carboxylic acids is 3. The van der Waals surface area contributed by atoms with Gasteiger partial charge in [-0.25, -0.2) is 4.79 Å². The van der Waals surface area contributed by atoms with Gasteiger partial charge in [-0.05, 0) is 76.1 Å². The van der Waals surface area contributed by atoms with Gasteiger partial charge in [-0.3, -0.25) is 9.59 Å². The van der Waals surface area contributed by atoms with Crippen molar-refractivity contribution in [3.63, 3.8) is 0 Å². The number of nitrogens with one attached hydrogen (secondary N) is 1. The first-order valence-corrected chi connectivity index (χ1v) is 11.9. The number of esters is 1. The second kappa shape index (κ2) is 10.7. The van der Waals surface area contributed by atoms with Gasteiger partial charge < -0.3 is 19.1 Å². The molecular formula is C24H30N2O7S. The van der Waals surface area contributed by atoms with Crippen molar-refractivity contribution in [3.8, 4) is 5.75 Å². The molecule has 10 heteroatoms. The number of hydrogen-bond donors (Lipinski definition) is 1. The van der Waals surface area contributed by atoms with Crippen molar-refractivity contribution >= 4 is 27.9 Å².